The highest BCUT2D eigenvalue weighted by molar-refractivity contribution is 7.79. The third kappa shape index (κ3) is 3.00. The van der Waals surface area contributed by atoms with Crippen molar-refractivity contribution in [1.29, 1.82) is 0 Å². The summed E-state index contributed by atoms with van der Waals surface area (Å²) in [5.74, 6) is -0.378. The first-order chi connectivity index (χ1) is 9.29. The molecule has 0 radical (unpaired) electrons. The number of phenolic OH excluding ortho intramolecular Hbond substituents is 1. The molecular formula is C13H9F3O3S. The van der Waals surface area contributed by atoms with Gasteiger partial charge in [0, 0.05) is 0 Å². The number of phenols is 1. The van der Waals surface area contributed by atoms with Crippen LogP contribution in [0.25, 0.3) is 11.1 Å². The van der Waals surface area contributed by atoms with Crippen LogP contribution < -0.4 is 0 Å². The molecule has 0 heterocycles. The van der Waals surface area contributed by atoms with E-state index in [0.29, 0.717) is 0 Å². The maximum absolute atomic E-state index is 12.9. The fourth-order valence-electron chi connectivity index (χ4n) is 1.82. The predicted molar refractivity (Wildman–Crippen MR) is 67.6 cm³/mol. The van der Waals surface area contributed by atoms with Crippen molar-refractivity contribution in [1.82, 2.24) is 0 Å². The molecule has 0 aliphatic heterocycles. The molecule has 1 unspecified atom stereocenters. The van der Waals surface area contributed by atoms with Crippen LogP contribution in [-0.4, -0.2) is 13.9 Å². The Morgan fingerprint density at radius 3 is 2.30 bits per heavy atom. The van der Waals surface area contributed by atoms with E-state index in [9.17, 15) is 22.5 Å². The highest BCUT2D eigenvalue weighted by Gasteiger charge is 2.33. The molecular weight excluding hydrogens is 293 g/mol. The molecule has 0 spiro atoms. The molecule has 0 bridgehead atoms. The van der Waals surface area contributed by atoms with Crippen molar-refractivity contribution in [2.45, 2.75) is 11.1 Å². The summed E-state index contributed by atoms with van der Waals surface area (Å²) >= 11 is -2.39. The minimum Gasteiger partial charge on any atom is -0.508 e. The molecule has 0 amide bonds. The first kappa shape index (κ1) is 14.5. The molecule has 0 saturated heterocycles. The minimum absolute atomic E-state index is 0.0234. The van der Waals surface area contributed by atoms with E-state index < -0.39 is 22.8 Å². The van der Waals surface area contributed by atoms with Crippen LogP contribution in [0.3, 0.4) is 0 Å². The van der Waals surface area contributed by atoms with E-state index in [1.807, 2.05) is 0 Å². The standard InChI is InChI=1S/C13H9F3O3S/c14-13(15,16)12-4-2-1-3-11(12)8-5-9(17)7-10(6-8)20(18)19/h1-7,17H,(H,18,19). The SMILES string of the molecule is O=S(O)c1cc(O)cc(-c2ccccc2C(F)(F)F)c1. The third-order valence-electron chi connectivity index (χ3n) is 2.64. The summed E-state index contributed by atoms with van der Waals surface area (Å²) in [5.41, 5.74) is -1.02. The Labute approximate surface area is 115 Å². The molecule has 2 N–H and O–H groups in total. The van der Waals surface area contributed by atoms with Crippen molar-refractivity contribution in [2.24, 2.45) is 0 Å². The highest BCUT2D eigenvalue weighted by atomic mass is 32.2. The first-order valence-electron chi connectivity index (χ1n) is 5.40. The van der Waals surface area contributed by atoms with E-state index in [1.54, 1.807) is 0 Å². The van der Waals surface area contributed by atoms with E-state index in [4.69, 9.17) is 4.55 Å². The van der Waals surface area contributed by atoms with Gasteiger partial charge >= 0.3 is 6.18 Å². The van der Waals surface area contributed by atoms with Crippen molar-refractivity contribution < 1.29 is 27.0 Å². The Morgan fingerprint density at radius 2 is 1.70 bits per heavy atom. The fraction of sp³-hybridized carbons (Fsp3) is 0.0769. The van der Waals surface area contributed by atoms with Gasteiger partial charge in [0.2, 0.25) is 0 Å². The smallest absolute Gasteiger partial charge is 0.417 e. The molecule has 20 heavy (non-hydrogen) atoms. The quantitative estimate of drug-likeness (QED) is 0.832. The minimum atomic E-state index is -4.55. The summed E-state index contributed by atoms with van der Waals surface area (Å²) in [4.78, 5) is -0.169. The van der Waals surface area contributed by atoms with Crippen LogP contribution in [0.2, 0.25) is 0 Å². The molecule has 1 atom stereocenters. The number of hydrogen-bond acceptors (Lipinski definition) is 2. The summed E-state index contributed by atoms with van der Waals surface area (Å²) in [6, 6.07) is 8.10. The van der Waals surface area contributed by atoms with Gasteiger partial charge < -0.3 is 9.66 Å². The fourth-order valence-corrected chi connectivity index (χ4v) is 2.27. The Kier molecular flexibility index (Phi) is 3.82. The maximum atomic E-state index is 12.9. The van der Waals surface area contributed by atoms with Crippen LogP contribution >= 0.6 is 0 Å². The molecule has 0 aromatic heterocycles. The largest absolute Gasteiger partial charge is 0.508 e. The maximum Gasteiger partial charge on any atom is 0.417 e. The number of rotatable bonds is 2. The van der Waals surface area contributed by atoms with Crippen LogP contribution in [0.5, 0.6) is 5.75 Å². The van der Waals surface area contributed by atoms with Crippen LogP contribution in [-0.2, 0) is 17.3 Å². The molecule has 2 aromatic rings. The number of hydrogen-bond donors (Lipinski definition) is 2. The number of halogens is 3. The molecule has 7 heteroatoms. The molecule has 3 nitrogen and oxygen atoms in total. The molecule has 0 aliphatic rings. The summed E-state index contributed by atoms with van der Waals surface area (Å²) in [7, 11) is 0. The van der Waals surface area contributed by atoms with Crippen molar-refractivity contribution in [3.8, 4) is 16.9 Å². The predicted octanol–water partition coefficient (Wildman–Crippen LogP) is 3.66. The Bertz CT molecular complexity index is 668. The summed E-state index contributed by atoms with van der Waals surface area (Å²) in [5, 5.41) is 9.47. The van der Waals surface area contributed by atoms with Gasteiger partial charge in [0.05, 0.1) is 10.5 Å². The normalized spacial score (nSPS) is 13.2. The monoisotopic (exact) mass is 302 g/mol. The van der Waals surface area contributed by atoms with E-state index in [2.05, 4.69) is 0 Å². The van der Waals surface area contributed by atoms with E-state index in [1.165, 1.54) is 18.2 Å². The number of aromatic hydroxyl groups is 1. The Morgan fingerprint density at radius 1 is 1.05 bits per heavy atom. The highest BCUT2D eigenvalue weighted by Crippen LogP contribution is 2.38. The van der Waals surface area contributed by atoms with Gasteiger partial charge in [-0.1, -0.05) is 18.2 Å². The Balaban J connectivity index is 2.66. The van der Waals surface area contributed by atoms with Crippen molar-refractivity contribution in [2.75, 3.05) is 0 Å². The molecule has 2 rings (SSSR count). The zero-order chi connectivity index (χ0) is 14.9. The Hall–Kier alpha value is -1.86. The number of benzene rings is 2. The van der Waals surface area contributed by atoms with Crippen LogP contribution in [0.15, 0.2) is 47.4 Å². The second-order valence-electron chi connectivity index (χ2n) is 4.01. The third-order valence-corrected chi connectivity index (χ3v) is 3.28. The zero-order valence-corrected chi connectivity index (χ0v) is 10.7. The second-order valence-corrected chi connectivity index (χ2v) is 4.98. The van der Waals surface area contributed by atoms with Gasteiger partial charge in [0.25, 0.3) is 0 Å². The summed E-state index contributed by atoms with van der Waals surface area (Å²) < 4.78 is 58.7. The molecule has 0 fully saturated rings. The van der Waals surface area contributed by atoms with Gasteiger partial charge in [-0.15, -0.1) is 0 Å². The van der Waals surface area contributed by atoms with Gasteiger partial charge in [0.15, 0.2) is 11.1 Å². The lowest BCUT2D eigenvalue weighted by atomic mass is 9.99. The molecule has 2 aromatic carbocycles. The van der Waals surface area contributed by atoms with Gasteiger partial charge in [-0.25, -0.2) is 4.21 Å². The van der Waals surface area contributed by atoms with Crippen LogP contribution in [0.1, 0.15) is 5.56 Å². The second kappa shape index (κ2) is 5.26. The van der Waals surface area contributed by atoms with E-state index in [0.717, 1.165) is 24.3 Å². The summed E-state index contributed by atoms with van der Waals surface area (Å²) in [6.45, 7) is 0. The average molecular weight is 302 g/mol. The molecule has 0 aliphatic carbocycles. The molecule has 106 valence electrons. The lowest BCUT2D eigenvalue weighted by molar-refractivity contribution is -0.137. The van der Waals surface area contributed by atoms with E-state index in [-0.39, 0.29) is 21.8 Å². The topological polar surface area (TPSA) is 57.5 Å². The lowest BCUT2D eigenvalue weighted by Crippen LogP contribution is -2.07. The van der Waals surface area contributed by atoms with Gasteiger partial charge in [-0.2, -0.15) is 13.2 Å². The van der Waals surface area contributed by atoms with Gasteiger partial charge in [-0.3, -0.25) is 0 Å². The molecule has 0 saturated carbocycles. The van der Waals surface area contributed by atoms with Crippen molar-refractivity contribution in [3.05, 3.63) is 48.0 Å². The lowest BCUT2D eigenvalue weighted by Gasteiger charge is -2.13. The average Bonchev–Trinajstić information content (AvgIpc) is 2.37. The zero-order valence-electron chi connectivity index (χ0n) is 9.89. The number of alkyl halides is 3. The summed E-state index contributed by atoms with van der Waals surface area (Å²) in [6.07, 6.45) is -4.55. The van der Waals surface area contributed by atoms with Gasteiger partial charge in [0.1, 0.15) is 5.75 Å². The van der Waals surface area contributed by atoms with Crippen molar-refractivity contribution in [3.63, 3.8) is 0 Å². The van der Waals surface area contributed by atoms with E-state index >= 15 is 0 Å². The van der Waals surface area contributed by atoms with Crippen LogP contribution in [0.4, 0.5) is 13.2 Å². The first-order valence-corrected chi connectivity index (χ1v) is 6.51. The van der Waals surface area contributed by atoms with Crippen LogP contribution in [0, 0.1) is 0 Å². The van der Waals surface area contributed by atoms with Gasteiger partial charge in [-0.05, 0) is 35.4 Å². The van der Waals surface area contributed by atoms with Crippen molar-refractivity contribution >= 4 is 11.1 Å².